The van der Waals surface area contributed by atoms with Gasteiger partial charge in [-0.25, -0.2) is 0 Å². The van der Waals surface area contributed by atoms with Crippen LogP contribution in [0, 0.1) is 5.92 Å². The summed E-state index contributed by atoms with van der Waals surface area (Å²) < 4.78 is 10.0. The van der Waals surface area contributed by atoms with Crippen LogP contribution >= 0.6 is 0 Å². The molecule has 11 nitrogen and oxygen atoms in total. The number of phenolic OH excluding ortho intramolecular Hbond substituents is 2. The first kappa shape index (κ1) is 33.9. The van der Waals surface area contributed by atoms with Crippen molar-refractivity contribution in [1.29, 1.82) is 0 Å². The molecule has 2 aromatic rings. The van der Waals surface area contributed by atoms with E-state index in [4.69, 9.17) is 25.4 Å². The first-order chi connectivity index (χ1) is 19.5. The monoisotopic (exact) mass is 575 g/mol. The fourth-order valence-electron chi connectivity index (χ4n) is 4.96. The maximum atomic E-state index is 13.1. The van der Waals surface area contributed by atoms with Crippen molar-refractivity contribution in [2.75, 3.05) is 20.5 Å². The molecule has 2 aliphatic rings. The van der Waals surface area contributed by atoms with Gasteiger partial charge < -0.3 is 40.7 Å². The molecule has 0 bridgehead atoms. The first-order valence-electron chi connectivity index (χ1n) is 13.6. The van der Waals surface area contributed by atoms with E-state index in [1.807, 2.05) is 13.8 Å². The van der Waals surface area contributed by atoms with E-state index in [1.165, 1.54) is 13.2 Å². The number of aromatic hydroxyl groups is 2. The Hall–Kier alpha value is -3.35. The van der Waals surface area contributed by atoms with Crippen molar-refractivity contribution in [2.45, 2.75) is 71.6 Å². The second-order valence-electron chi connectivity index (χ2n) is 9.78. The number of carbonyl (C=O) groups is 3. The van der Waals surface area contributed by atoms with Crippen molar-refractivity contribution in [3.63, 3.8) is 0 Å². The summed E-state index contributed by atoms with van der Waals surface area (Å²) in [6, 6.07) is 4.34. The minimum atomic E-state index is -0.609. The number of aliphatic hydroxyl groups excluding tert-OH is 3. The quantitative estimate of drug-likeness (QED) is 0.170. The minimum absolute atomic E-state index is 0.0568. The normalized spacial score (nSPS) is 17.3. The van der Waals surface area contributed by atoms with Gasteiger partial charge in [0.1, 0.15) is 30.6 Å². The Labute approximate surface area is 239 Å². The third kappa shape index (κ3) is 7.11. The zero-order chi connectivity index (χ0) is 31.0. The van der Waals surface area contributed by atoms with Gasteiger partial charge in [-0.3, -0.25) is 14.4 Å². The second-order valence-corrected chi connectivity index (χ2v) is 9.78. The van der Waals surface area contributed by atoms with Crippen molar-refractivity contribution < 1.29 is 49.4 Å². The summed E-state index contributed by atoms with van der Waals surface area (Å²) in [5.41, 5.74) is 5.71. The van der Waals surface area contributed by atoms with Gasteiger partial charge in [0.05, 0.1) is 36.0 Å². The van der Waals surface area contributed by atoms with E-state index >= 15 is 0 Å². The maximum Gasteiger partial charge on any atom is 0.202 e. The highest BCUT2D eigenvalue weighted by Gasteiger charge is 2.40. The molecule has 0 heterocycles. The number of ether oxygens (including phenoxy) is 2. The highest BCUT2D eigenvalue weighted by atomic mass is 16.6. The summed E-state index contributed by atoms with van der Waals surface area (Å²) in [5.74, 6) is -2.56. The number of fused-ring (bicyclic) bond motifs is 3. The number of hydrogen-bond acceptors (Lipinski definition) is 11. The molecule has 2 aliphatic carbocycles. The Morgan fingerprint density at radius 2 is 1.63 bits per heavy atom. The molecule has 4 rings (SSSR count). The SMILES string of the molecule is CC.CC(CC(O)C(C)N)OCO.COc1cccc2c1C(=O)c1c(O)c3c(c(O)c1C2=O)C[C@@H](C(=O)CO)CC3. The minimum Gasteiger partial charge on any atom is -0.507 e. The molecule has 4 atom stereocenters. The summed E-state index contributed by atoms with van der Waals surface area (Å²) in [6.07, 6.45) is 0.461. The summed E-state index contributed by atoms with van der Waals surface area (Å²) in [4.78, 5) is 38.1. The van der Waals surface area contributed by atoms with Gasteiger partial charge in [-0.15, -0.1) is 0 Å². The van der Waals surface area contributed by atoms with Crippen molar-refractivity contribution in [1.82, 2.24) is 0 Å². The standard InChI is InChI=1S/C21H18O7.C7H17NO3.C2H6/c1-28-14-4-2-3-11-15(14)21(27)17-16(19(11)25)20(26)12-7-9(13(23)8-22)5-6-10(12)18(17)24;1-5(11-4-9)3-7(10)6(2)8;1-2/h2-4,9,22,24,26H,5-8H2,1H3;5-7,9-10H,3-4,8H2,1-2H3;1-2H3/t9-;;/m0../s1. The lowest BCUT2D eigenvalue weighted by atomic mass is 9.75. The Bertz CT molecular complexity index is 1260. The number of phenols is 2. The summed E-state index contributed by atoms with van der Waals surface area (Å²) in [7, 11) is 1.38. The number of ketones is 3. The number of carbonyl (C=O) groups excluding carboxylic acids is 3. The van der Waals surface area contributed by atoms with E-state index in [0.29, 0.717) is 18.4 Å². The van der Waals surface area contributed by atoms with E-state index in [1.54, 1.807) is 26.0 Å². The molecule has 0 aromatic heterocycles. The number of benzene rings is 2. The van der Waals surface area contributed by atoms with Crippen LogP contribution in [-0.4, -0.2) is 81.6 Å². The predicted molar refractivity (Wildman–Crippen MR) is 150 cm³/mol. The molecule has 0 fully saturated rings. The van der Waals surface area contributed by atoms with Crippen LogP contribution in [-0.2, 0) is 22.4 Å². The molecule has 0 saturated heterocycles. The molecule has 0 saturated carbocycles. The van der Waals surface area contributed by atoms with Gasteiger partial charge in [0, 0.05) is 35.1 Å². The Kier molecular flexibility index (Phi) is 12.4. The summed E-state index contributed by atoms with van der Waals surface area (Å²) >= 11 is 0. The molecule has 3 unspecified atom stereocenters. The Balaban J connectivity index is 0.000000384. The zero-order valence-electron chi connectivity index (χ0n) is 24.1. The summed E-state index contributed by atoms with van der Waals surface area (Å²) in [5, 5.41) is 48.3. The fourth-order valence-corrected chi connectivity index (χ4v) is 4.96. The Morgan fingerprint density at radius 3 is 2.20 bits per heavy atom. The van der Waals surface area contributed by atoms with E-state index in [2.05, 4.69) is 0 Å². The predicted octanol–water partition coefficient (Wildman–Crippen LogP) is 2.01. The molecule has 0 aliphatic heterocycles. The van der Waals surface area contributed by atoms with E-state index in [9.17, 15) is 29.7 Å². The highest BCUT2D eigenvalue weighted by Crippen LogP contribution is 2.47. The fraction of sp³-hybridized carbons (Fsp3) is 0.500. The third-order valence-electron chi connectivity index (χ3n) is 7.18. The van der Waals surface area contributed by atoms with Crippen LogP contribution in [0.5, 0.6) is 17.2 Å². The number of hydrogen-bond donors (Lipinski definition) is 6. The van der Waals surface area contributed by atoms with Crippen LogP contribution in [0.2, 0.25) is 0 Å². The maximum absolute atomic E-state index is 13.1. The number of rotatable bonds is 8. The lowest BCUT2D eigenvalue weighted by Gasteiger charge is -2.29. The molecular formula is C30H41NO10. The van der Waals surface area contributed by atoms with E-state index < -0.39 is 30.2 Å². The van der Waals surface area contributed by atoms with Crippen LogP contribution in [0.25, 0.3) is 0 Å². The number of aliphatic hydroxyl groups is 3. The molecular weight excluding hydrogens is 534 g/mol. The topological polar surface area (TPSA) is 197 Å². The van der Waals surface area contributed by atoms with Crippen molar-refractivity contribution in [2.24, 2.45) is 11.7 Å². The molecule has 2 aromatic carbocycles. The molecule has 41 heavy (non-hydrogen) atoms. The van der Waals surface area contributed by atoms with Crippen molar-refractivity contribution in [3.8, 4) is 17.2 Å². The Morgan fingerprint density at radius 1 is 1.02 bits per heavy atom. The number of methoxy groups -OCH3 is 1. The van der Waals surface area contributed by atoms with Crippen molar-refractivity contribution >= 4 is 17.3 Å². The van der Waals surface area contributed by atoms with Crippen LogP contribution < -0.4 is 10.5 Å². The van der Waals surface area contributed by atoms with E-state index in [-0.39, 0.29) is 82.6 Å². The van der Waals surface area contributed by atoms with Crippen LogP contribution in [0.4, 0.5) is 0 Å². The van der Waals surface area contributed by atoms with Gasteiger partial charge in [-0.05, 0) is 39.2 Å². The second kappa shape index (κ2) is 15.0. The molecule has 226 valence electrons. The molecule has 0 radical (unpaired) electrons. The van der Waals surface area contributed by atoms with Crippen LogP contribution in [0.15, 0.2) is 18.2 Å². The molecule has 7 N–H and O–H groups in total. The largest absolute Gasteiger partial charge is 0.507 e. The summed E-state index contributed by atoms with van der Waals surface area (Å²) in [6.45, 7) is 6.59. The smallest absolute Gasteiger partial charge is 0.202 e. The average Bonchev–Trinajstić information content (AvgIpc) is 2.97. The van der Waals surface area contributed by atoms with Gasteiger partial charge in [-0.1, -0.05) is 26.0 Å². The van der Waals surface area contributed by atoms with Gasteiger partial charge in [0.25, 0.3) is 0 Å². The number of Topliss-reactive ketones (excluding diaryl/α,β-unsaturated/α-hetero) is 1. The molecule has 0 amide bonds. The third-order valence-corrected chi connectivity index (χ3v) is 7.18. The van der Waals surface area contributed by atoms with Crippen LogP contribution in [0.1, 0.15) is 83.5 Å². The van der Waals surface area contributed by atoms with Gasteiger partial charge in [0.15, 0.2) is 11.6 Å². The van der Waals surface area contributed by atoms with Gasteiger partial charge >= 0.3 is 0 Å². The first-order valence-corrected chi connectivity index (χ1v) is 13.6. The van der Waals surface area contributed by atoms with Gasteiger partial charge in [0.2, 0.25) is 5.78 Å². The molecule has 0 spiro atoms. The number of nitrogens with two attached hydrogens (primary N) is 1. The van der Waals surface area contributed by atoms with Gasteiger partial charge in [-0.2, -0.15) is 0 Å². The lowest BCUT2D eigenvalue weighted by molar-refractivity contribution is -0.126. The van der Waals surface area contributed by atoms with E-state index in [0.717, 1.165) is 0 Å². The highest BCUT2D eigenvalue weighted by molar-refractivity contribution is 6.31. The van der Waals surface area contributed by atoms with Crippen molar-refractivity contribution in [3.05, 3.63) is 51.6 Å². The average molecular weight is 576 g/mol. The van der Waals surface area contributed by atoms with Crippen LogP contribution in [0.3, 0.4) is 0 Å². The zero-order valence-corrected chi connectivity index (χ0v) is 24.1. The molecule has 11 heteroatoms. The lowest BCUT2D eigenvalue weighted by Crippen LogP contribution is -2.34.